The Labute approximate surface area is 131 Å². The van der Waals surface area contributed by atoms with E-state index in [4.69, 9.17) is 0 Å². The van der Waals surface area contributed by atoms with Crippen molar-refractivity contribution < 1.29 is 9.59 Å². The molecule has 5 nitrogen and oxygen atoms in total. The van der Waals surface area contributed by atoms with E-state index < -0.39 is 0 Å². The van der Waals surface area contributed by atoms with Crippen molar-refractivity contribution in [2.75, 3.05) is 6.54 Å². The Morgan fingerprint density at radius 2 is 1.82 bits per heavy atom. The minimum absolute atomic E-state index is 0.00424. The number of carbonyl (C=O) groups excluding carboxylic acids is 2. The molecule has 0 heterocycles. The second-order valence-corrected chi connectivity index (χ2v) is 5.86. The highest BCUT2D eigenvalue weighted by Gasteiger charge is 2.16. The first kappa shape index (κ1) is 16.3. The molecule has 0 bridgehead atoms. The topological polar surface area (TPSA) is 70.2 Å². The van der Waals surface area contributed by atoms with Crippen LogP contribution in [0.5, 0.6) is 0 Å². The highest BCUT2D eigenvalue weighted by atomic mass is 16.2. The molecule has 1 aromatic rings. The lowest BCUT2D eigenvalue weighted by Gasteiger charge is -2.23. The number of benzene rings is 1. The summed E-state index contributed by atoms with van der Waals surface area (Å²) in [5, 5.41) is 8.43. The van der Waals surface area contributed by atoms with Gasteiger partial charge in [0, 0.05) is 6.04 Å². The minimum Gasteiger partial charge on any atom is -0.348 e. The number of rotatable bonds is 5. The monoisotopic (exact) mass is 303 g/mol. The zero-order valence-corrected chi connectivity index (χ0v) is 13.1. The van der Waals surface area contributed by atoms with Crippen LogP contribution in [0.2, 0.25) is 0 Å². The second-order valence-electron chi connectivity index (χ2n) is 5.86. The van der Waals surface area contributed by atoms with Gasteiger partial charge in [0.15, 0.2) is 0 Å². The third kappa shape index (κ3) is 5.39. The standard InChI is InChI=1S/C17H25N3O2/c1-13(14-8-4-2-5-9-14)19-16(21)12-18-17(22)20-15-10-6-3-7-11-15/h2,4-5,8-9,13,15H,3,6-7,10-12H2,1H3,(H,19,21)(H2,18,20,22). The highest BCUT2D eigenvalue weighted by Crippen LogP contribution is 2.17. The molecule has 0 spiro atoms. The molecule has 0 saturated heterocycles. The van der Waals surface area contributed by atoms with E-state index in [2.05, 4.69) is 16.0 Å². The SMILES string of the molecule is CC(NC(=O)CNC(=O)NC1CCCCC1)c1ccccc1. The van der Waals surface area contributed by atoms with Gasteiger partial charge in [-0.05, 0) is 25.3 Å². The quantitative estimate of drug-likeness (QED) is 0.782. The Morgan fingerprint density at radius 1 is 1.14 bits per heavy atom. The van der Waals surface area contributed by atoms with Crippen LogP contribution in [0.4, 0.5) is 4.79 Å². The van der Waals surface area contributed by atoms with Crippen LogP contribution in [0.1, 0.15) is 50.6 Å². The van der Waals surface area contributed by atoms with Crippen LogP contribution in [0, 0.1) is 0 Å². The van der Waals surface area contributed by atoms with Crippen molar-refractivity contribution in [1.82, 2.24) is 16.0 Å². The van der Waals surface area contributed by atoms with Crippen molar-refractivity contribution in [1.29, 1.82) is 0 Å². The summed E-state index contributed by atoms with van der Waals surface area (Å²) in [5.41, 5.74) is 1.04. The van der Waals surface area contributed by atoms with Crippen LogP contribution in [0.3, 0.4) is 0 Å². The molecule has 2 rings (SSSR count). The van der Waals surface area contributed by atoms with Gasteiger partial charge in [0.1, 0.15) is 0 Å². The molecule has 120 valence electrons. The summed E-state index contributed by atoms with van der Waals surface area (Å²) in [4.78, 5) is 23.6. The van der Waals surface area contributed by atoms with E-state index in [9.17, 15) is 9.59 Å². The summed E-state index contributed by atoms with van der Waals surface area (Å²) >= 11 is 0. The molecule has 1 atom stereocenters. The van der Waals surface area contributed by atoms with Crippen molar-refractivity contribution in [3.63, 3.8) is 0 Å². The van der Waals surface area contributed by atoms with Gasteiger partial charge in [0.05, 0.1) is 12.6 Å². The van der Waals surface area contributed by atoms with Crippen molar-refractivity contribution in [3.8, 4) is 0 Å². The molecule has 1 aliphatic rings. The molecule has 0 radical (unpaired) electrons. The molecule has 1 saturated carbocycles. The van der Waals surface area contributed by atoms with E-state index in [1.807, 2.05) is 37.3 Å². The summed E-state index contributed by atoms with van der Waals surface area (Å²) in [5.74, 6) is -0.185. The lowest BCUT2D eigenvalue weighted by Crippen LogP contribution is -2.46. The normalized spacial score (nSPS) is 16.6. The van der Waals surface area contributed by atoms with Crippen LogP contribution in [-0.2, 0) is 4.79 Å². The smallest absolute Gasteiger partial charge is 0.315 e. The van der Waals surface area contributed by atoms with Crippen molar-refractivity contribution in [2.45, 2.75) is 51.1 Å². The summed E-state index contributed by atoms with van der Waals surface area (Å²) in [7, 11) is 0. The summed E-state index contributed by atoms with van der Waals surface area (Å²) in [6.07, 6.45) is 5.65. The Hall–Kier alpha value is -2.04. The molecule has 1 aliphatic carbocycles. The van der Waals surface area contributed by atoms with Crippen LogP contribution >= 0.6 is 0 Å². The van der Waals surface area contributed by atoms with E-state index >= 15 is 0 Å². The fourth-order valence-corrected chi connectivity index (χ4v) is 2.76. The van der Waals surface area contributed by atoms with Crippen LogP contribution < -0.4 is 16.0 Å². The molecule has 22 heavy (non-hydrogen) atoms. The summed E-state index contributed by atoms with van der Waals surface area (Å²) in [6.45, 7) is 1.92. The van der Waals surface area contributed by atoms with E-state index in [0.29, 0.717) is 0 Å². The molecule has 1 unspecified atom stereocenters. The number of urea groups is 1. The first-order chi connectivity index (χ1) is 10.6. The molecular weight excluding hydrogens is 278 g/mol. The van der Waals surface area contributed by atoms with Crippen molar-refractivity contribution in [2.24, 2.45) is 0 Å². The van der Waals surface area contributed by atoms with Gasteiger partial charge in [-0.1, -0.05) is 49.6 Å². The fourth-order valence-electron chi connectivity index (χ4n) is 2.76. The van der Waals surface area contributed by atoms with Crippen molar-refractivity contribution in [3.05, 3.63) is 35.9 Å². The zero-order chi connectivity index (χ0) is 15.8. The van der Waals surface area contributed by atoms with Gasteiger partial charge in [-0.2, -0.15) is 0 Å². The third-order valence-electron chi connectivity index (χ3n) is 4.03. The van der Waals surface area contributed by atoms with E-state index in [1.54, 1.807) is 0 Å². The molecule has 1 aromatic carbocycles. The molecule has 0 aliphatic heterocycles. The Morgan fingerprint density at radius 3 is 2.50 bits per heavy atom. The average molecular weight is 303 g/mol. The molecule has 0 aromatic heterocycles. The molecule has 1 fully saturated rings. The Bertz CT molecular complexity index is 484. The number of hydrogen-bond acceptors (Lipinski definition) is 2. The average Bonchev–Trinajstić information content (AvgIpc) is 2.55. The fraction of sp³-hybridized carbons (Fsp3) is 0.529. The number of amides is 3. The first-order valence-corrected chi connectivity index (χ1v) is 8.04. The van der Waals surface area contributed by atoms with Gasteiger partial charge in [-0.25, -0.2) is 4.79 Å². The number of nitrogens with one attached hydrogen (secondary N) is 3. The molecule has 3 amide bonds. The van der Waals surface area contributed by atoms with E-state index in [0.717, 1.165) is 18.4 Å². The summed E-state index contributed by atoms with van der Waals surface area (Å²) in [6, 6.07) is 9.67. The lowest BCUT2D eigenvalue weighted by atomic mass is 9.96. The minimum atomic E-state index is -0.255. The summed E-state index contributed by atoms with van der Waals surface area (Å²) < 4.78 is 0. The maximum Gasteiger partial charge on any atom is 0.315 e. The number of hydrogen-bond donors (Lipinski definition) is 3. The Balaban J connectivity index is 1.67. The zero-order valence-electron chi connectivity index (χ0n) is 13.1. The highest BCUT2D eigenvalue weighted by molar-refractivity contribution is 5.84. The predicted molar refractivity (Wildman–Crippen MR) is 86.4 cm³/mol. The number of carbonyl (C=O) groups is 2. The van der Waals surface area contributed by atoms with Crippen LogP contribution in [-0.4, -0.2) is 24.5 Å². The first-order valence-electron chi connectivity index (χ1n) is 8.04. The van der Waals surface area contributed by atoms with Crippen LogP contribution in [0.15, 0.2) is 30.3 Å². The van der Waals surface area contributed by atoms with Gasteiger partial charge >= 0.3 is 6.03 Å². The van der Waals surface area contributed by atoms with Gasteiger partial charge < -0.3 is 16.0 Å². The van der Waals surface area contributed by atoms with Gasteiger partial charge in [0.25, 0.3) is 0 Å². The van der Waals surface area contributed by atoms with Crippen LogP contribution in [0.25, 0.3) is 0 Å². The van der Waals surface area contributed by atoms with Gasteiger partial charge in [-0.15, -0.1) is 0 Å². The van der Waals surface area contributed by atoms with Crippen molar-refractivity contribution >= 4 is 11.9 Å². The van der Waals surface area contributed by atoms with Gasteiger partial charge in [0.2, 0.25) is 5.91 Å². The molecule has 5 heteroatoms. The second kappa shape index (κ2) is 8.41. The largest absolute Gasteiger partial charge is 0.348 e. The Kier molecular flexibility index (Phi) is 6.25. The predicted octanol–water partition coefficient (Wildman–Crippen LogP) is 2.50. The molecule has 3 N–H and O–H groups in total. The maximum atomic E-state index is 11.9. The lowest BCUT2D eigenvalue weighted by molar-refractivity contribution is -0.120. The third-order valence-corrected chi connectivity index (χ3v) is 4.03. The van der Waals surface area contributed by atoms with E-state index in [1.165, 1.54) is 19.3 Å². The van der Waals surface area contributed by atoms with E-state index in [-0.39, 0.29) is 30.6 Å². The van der Waals surface area contributed by atoms with Gasteiger partial charge in [-0.3, -0.25) is 4.79 Å². The molecular formula is C17H25N3O2. The maximum absolute atomic E-state index is 11.9.